The van der Waals surface area contributed by atoms with Crippen molar-refractivity contribution >= 4 is 40.4 Å². The van der Waals surface area contributed by atoms with Gasteiger partial charge in [-0.3, -0.25) is 9.59 Å². The van der Waals surface area contributed by atoms with Crippen LogP contribution in [0, 0.1) is 6.92 Å². The van der Waals surface area contributed by atoms with Gasteiger partial charge in [-0.2, -0.15) is 0 Å². The standard InChI is InChI=1S/C27H32N8O4/c1-17-21(16-30-26-23(17)28-10-15-39-26)32-20-8-9-29-24(36)22(20)25(37)31-18-4-6-19(7-5-18)34-11-13-35(14-12-34)27(38)33(2)3/h4-9,16,28H,10-15H2,1-3H3,(H,31,37)(H2,29,32,36). The Morgan fingerprint density at radius 3 is 2.51 bits per heavy atom. The van der Waals surface area contributed by atoms with E-state index in [2.05, 4.69) is 30.8 Å². The molecule has 1 fully saturated rings. The molecule has 5 rings (SSSR count). The molecule has 204 valence electrons. The summed E-state index contributed by atoms with van der Waals surface area (Å²) < 4.78 is 5.59. The maximum atomic E-state index is 13.2. The number of pyridine rings is 2. The van der Waals surface area contributed by atoms with E-state index in [0.29, 0.717) is 49.2 Å². The van der Waals surface area contributed by atoms with E-state index in [1.165, 1.54) is 6.20 Å². The highest BCUT2D eigenvalue weighted by molar-refractivity contribution is 6.08. The van der Waals surface area contributed by atoms with Crippen LogP contribution in [0.1, 0.15) is 15.9 Å². The third-order valence-electron chi connectivity index (χ3n) is 6.83. The largest absolute Gasteiger partial charge is 0.474 e. The second-order valence-corrected chi connectivity index (χ2v) is 9.62. The first-order valence-corrected chi connectivity index (χ1v) is 12.8. The first kappa shape index (κ1) is 25.9. The molecule has 0 unspecified atom stereocenters. The molecule has 39 heavy (non-hydrogen) atoms. The molecule has 3 aromatic rings. The van der Waals surface area contributed by atoms with Gasteiger partial charge in [0.2, 0.25) is 5.88 Å². The molecule has 0 aliphatic carbocycles. The number of rotatable bonds is 5. The summed E-state index contributed by atoms with van der Waals surface area (Å²) in [6.45, 7) is 5.85. The van der Waals surface area contributed by atoms with Gasteiger partial charge in [0.1, 0.15) is 17.9 Å². The number of aromatic amines is 1. The third kappa shape index (κ3) is 5.44. The molecule has 12 heteroatoms. The Kier molecular flexibility index (Phi) is 7.26. The summed E-state index contributed by atoms with van der Waals surface area (Å²) in [6, 6.07) is 9.11. The van der Waals surface area contributed by atoms with E-state index >= 15 is 0 Å². The van der Waals surface area contributed by atoms with Gasteiger partial charge in [-0.15, -0.1) is 0 Å². The molecule has 0 spiro atoms. The number of nitrogens with one attached hydrogen (secondary N) is 4. The lowest BCUT2D eigenvalue weighted by atomic mass is 10.1. The fourth-order valence-electron chi connectivity index (χ4n) is 4.69. The fraction of sp³-hybridized carbons (Fsp3) is 0.333. The molecule has 2 aliphatic rings. The number of nitrogens with zero attached hydrogens (tertiary/aromatic N) is 4. The number of piperazine rings is 1. The van der Waals surface area contributed by atoms with Crippen LogP contribution in [0.4, 0.5) is 33.2 Å². The number of carbonyl (C=O) groups excluding carboxylic acids is 2. The highest BCUT2D eigenvalue weighted by Crippen LogP contribution is 2.34. The van der Waals surface area contributed by atoms with Crippen LogP contribution in [0.15, 0.2) is 47.5 Å². The number of hydrogen-bond acceptors (Lipinski definition) is 8. The summed E-state index contributed by atoms with van der Waals surface area (Å²) in [4.78, 5) is 50.7. The lowest BCUT2D eigenvalue weighted by molar-refractivity contribution is 0.102. The van der Waals surface area contributed by atoms with Crippen molar-refractivity contribution in [1.29, 1.82) is 0 Å². The topological polar surface area (TPSA) is 135 Å². The Hall–Kier alpha value is -4.74. The van der Waals surface area contributed by atoms with Crippen LogP contribution in [0.5, 0.6) is 5.88 Å². The van der Waals surface area contributed by atoms with E-state index in [1.807, 2.05) is 24.0 Å². The first-order valence-electron chi connectivity index (χ1n) is 12.8. The van der Waals surface area contributed by atoms with Crippen LogP contribution in [-0.2, 0) is 0 Å². The van der Waals surface area contributed by atoms with E-state index in [0.717, 1.165) is 30.0 Å². The molecular formula is C27H32N8O4. The number of amides is 3. The van der Waals surface area contributed by atoms with Gasteiger partial charge >= 0.3 is 6.03 Å². The second kappa shape index (κ2) is 10.9. The molecule has 4 N–H and O–H groups in total. The van der Waals surface area contributed by atoms with Crippen LogP contribution in [-0.4, -0.2) is 85.1 Å². The van der Waals surface area contributed by atoms with Crippen LogP contribution in [0.3, 0.4) is 0 Å². The smallest absolute Gasteiger partial charge is 0.319 e. The number of anilines is 5. The molecule has 0 atom stereocenters. The molecule has 0 bridgehead atoms. The quantitative estimate of drug-likeness (QED) is 0.394. The molecule has 3 amide bonds. The average Bonchev–Trinajstić information content (AvgIpc) is 2.95. The van der Waals surface area contributed by atoms with Gasteiger partial charge in [0.15, 0.2) is 0 Å². The van der Waals surface area contributed by atoms with Gasteiger partial charge in [-0.25, -0.2) is 9.78 Å². The van der Waals surface area contributed by atoms with E-state index in [-0.39, 0.29) is 11.6 Å². The van der Waals surface area contributed by atoms with Crippen molar-refractivity contribution in [3.8, 4) is 5.88 Å². The minimum atomic E-state index is -0.534. The van der Waals surface area contributed by atoms with Gasteiger partial charge in [0, 0.05) is 70.0 Å². The minimum absolute atomic E-state index is 0.0150. The maximum Gasteiger partial charge on any atom is 0.319 e. The molecule has 2 aliphatic heterocycles. The van der Waals surface area contributed by atoms with Crippen molar-refractivity contribution in [1.82, 2.24) is 19.8 Å². The number of aromatic nitrogens is 2. The summed E-state index contributed by atoms with van der Waals surface area (Å²) in [6.07, 6.45) is 3.11. The number of hydrogen-bond donors (Lipinski definition) is 4. The fourth-order valence-corrected chi connectivity index (χ4v) is 4.69. The SMILES string of the molecule is Cc1c(Nc2cc[nH]c(=O)c2C(=O)Nc2ccc(N3CCN(C(=O)N(C)C)CC3)cc2)cnc2c1NCCO2. The number of benzene rings is 1. The molecular weight excluding hydrogens is 500 g/mol. The summed E-state index contributed by atoms with van der Waals surface area (Å²) >= 11 is 0. The van der Waals surface area contributed by atoms with Gasteiger partial charge in [0.25, 0.3) is 11.5 Å². The van der Waals surface area contributed by atoms with E-state index < -0.39 is 11.5 Å². The van der Waals surface area contributed by atoms with Crippen molar-refractivity contribution in [2.75, 3.05) is 74.3 Å². The molecule has 4 heterocycles. The molecule has 2 aromatic heterocycles. The van der Waals surface area contributed by atoms with E-state index in [4.69, 9.17) is 4.74 Å². The Bertz CT molecular complexity index is 1430. The predicted octanol–water partition coefficient (Wildman–Crippen LogP) is 2.68. The first-order chi connectivity index (χ1) is 18.8. The van der Waals surface area contributed by atoms with Crippen LogP contribution in [0.25, 0.3) is 0 Å². The monoisotopic (exact) mass is 532 g/mol. The summed E-state index contributed by atoms with van der Waals surface area (Å²) in [5.41, 5.74) is 3.68. The number of fused-ring (bicyclic) bond motifs is 1. The highest BCUT2D eigenvalue weighted by atomic mass is 16.5. The van der Waals surface area contributed by atoms with Crippen molar-refractivity contribution in [3.05, 3.63) is 64.2 Å². The minimum Gasteiger partial charge on any atom is -0.474 e. The van der Waals surface area contributed by atoms with Gasteiger partial charge in [-0.05, 0) is 37.3 Å². The van der Waals surface area contributed by atoms with Gasteiger partial charge < -0.3 is 40.4 Å². The molecule has 1 saturated heterocycles. The predicted molar refractivity (Wildman–Crippen MR) is 151 cm³/mol. The van der Waals surface area contributed by atoms with E-state index in [1.54, 1.807) is 43.4 Å². The Morgan fingerprint density at radius 1 is 1.05 bits per heavy atom. The van der Waals surface area contributed by atoms with Crippen molar-refractivity contribution < 1.29 is 14.3 Å². The van der Waals surface area contributed by atoms with Crippen molar-refractivity contribution in [3.63, 3.8) is 0 Å². The number of ether oxygens (including phenoxy) is 1. The zero-order valence-electron chi connectivity index (χ0n) is 22.2. The van der Waals surface area contributed by atoms with E-state index in [9.17, 15) is 14.4 Å². The maximum absolute atomic E-state index is 13.2. The van der Waals surface area contributed by atoms with Crippen molar-refractivity contribution in [2.24, 2.45) is 0 Å². The van der Waals surface area contributed by atoms with Crippen LogP contribution < -0.4 is 31.1 Å². The van der Waals surface area contributed by atoms with Crippen LogP contribution in [0.2, 0.25) is 0 Å². The summed E-state index contributed by atoms with van der Waals surface area (Å²) in [7, 11) is 3.51. The Balaban J connectivity index is 1.28. The lowest BCUT2D eigenvalue weighted by Gasteiger charge is -2.37. The molecule has 0 radical (unpaired) electrons. The summed E-state index contributed by atoms with van der Waals surface area (Å²) in [5, 5.41) is 9.30. The lowest BCUT2D eigenvalue weighted by Crippen LogP contribution is -2.51. The number of urea groups is 1. The molecule has 0 saturated carbocycles. The molecule has 12 nitrogen and oxygen atoms in total. The van der Waals surface area contributed by atoms with Crippen molar-refractivity contribution in [2.45, 2.75) is 6.92 Å². The summed E-state index contributed by atoms with van der Waals surface area (Å²) in [5.74, 6) is -0.00602. The number of carbonyl (C=O) groups is 2. The zero-order valence-corrected chi connectivity index (χ0v) is 22.2. The van der Waals surface area contributed by atoms with Crippen LogP contribution >= 0.6 is 0 Å². The third-order valence-corrected chi connectivity index (χ3v) is 6.83. The van der Waals surface area contributed by atoms with Gasteiger partial charge in [0.05, 0.1) is 17.6 Å². The highest BCUT2D eigenvalue weighted by Gasteiger charge is 2.23. The second-order valence-electron chi connectivity index (χ2n) is 9.62. The number of H-pyrrole nitrogens is 1. The normalized spacial score (nSPS) is 14.5. The Labute approximate surface area is 226 Å². The zero-order chi connectivity index (χ0) is 27.5. The van der Waals surface area contributed by atoms with Gasteiger partial charge in [-0.1, -0.05) is 0 Å². The Morgan fingerprint density at radius 2 is 1.79 bits per heavy atom. The average molecular weight is 533 g/mol. The molecule has 1 aromatic carbocycles.